The van der Waals surface area contributed by atoms with Gasteiger partial charge in [0.15, 0.2) is 5.78 Å². The maximum atomic E-state index is 12.7. The molecular weight excluding hydrogens is 338 g/mol. The second-order valence-corrected chi connectivity index (χ2v) is 7.12. The third-order valence-corrected chi connectivity index (χ3v) is 5.17. The number of fused-ring (bicyclic) bond motifs is 1. The van der Waals surface area contributed by atoms with Crippen molar-refractivity contribution in [2.24, 2.45) is 0 Å². The second-order valence-electron chi connectivity index (χ2n) is 6.68. The number of halogens is 1. The van der Waals surface area contributed by atoms with Gasteiger partial charge in [0, 0.05) is 22.7 Å². The fourth-order valence-corrected chi connectivity index (χ4v) is 3.46. The summed E-state index contributed by atoms with van der Waals surface area (Å²) >= 11 is 5.95. The Kier molecular flexibility index (Phi) is 5.00. The maximum absolute atomic E-state index is 12.7. The molecule has 1 aliphatic carbocycles. The zero-order valence-electron chi connectivity index (χ0n) is 14.7. The van der Waals surface area contributed by atoms with Crippen LogP contribution in [0.25, 0.3) is 0 Å². The Morgan fingerprint density at radius 3 is 2.64 bits per heavy atom. The zero-order valence-corrected chi connectivity index (χ0v) is 15.4. The lowest BCUT2D eigenvalue weighted by atomic mass is 9.81. The zero-order chi connectivity index (χ0) is 18.1. The number of esters is 1. The van der Waals surface area contributed by atoms with Crippen LogP contribution in [0.4, 0.5) is 0 Å². The highest BCUT2D eigenvalue weighted by molar-refractivity contribution is 6.30. The minimum atomic E-state index is -0.392. The van der Waals surface area contributed by atoms with Gasteiger partial charge in [-0.25, -0.2) is 4.79 Å². The Bertz CT molecular complexity index is 807. The molecule has 0 amide bonds. The van der Waals surface area contributed by atoms with Gasteiger partial charge in [-0.3, -0.25) is 4.79 Å². The molecule has 1 aromatic heterocycles. The number of ether oxygens (including phenoxy) is 1. The summed E-state index contributed by atoms with van der Waals surface area (Å²) in [5, 5.41) is 0.678. The maximum Gasteiger partial charge on any atom is 0.355 e. The molecule has 1 N–H and O–H groups in total. The molecule has 132 valence electrons. The summed E-state index contributed by atoms with van der Waals surface area (Å²) < 4.78 is 5.41. The lowest BCUT2D eigenvalue weighted by Gasteiger charge is -2.22. The van der Waals surface area contributed by atoms with Crippen LogP contribution >= 0.6 is 11.6 Å². The van der Waals surface area contributed by atoms with Crippen LogP contribution in [-0.4, -0.2) is 22.8 Å². The molecule has 2 aromatic rings. The first-order valence-electron chi connectivity index (χ1n) is 8.61. The molecule has 1 aromatic carbocycles. The molecule has 4 nitrogen and oxygen atoms in total. The van der Waals surface area contributed by atoms with E-state index in [2.05, 4.69) is 4.98 Å². The number of aromatic amines is 1. The summed E-state index contributed by atoms with van der Waals surface area (Å²) in [5.74, 6) is -0.233. The average Bonchev–Trinajstić information content (AvgIpc) is 2.92. The highest BCUT2D eigenvalue weighted by Crippen LogP contribution is 2.35. The average molecular weight is 360 g/mol. The van der Waals surface area contributed by atoms with Crippen LogP contribution in [-0.2, 0) is 11.2 Å². The monoisotopic (exact) mass is 359 g/mol. The van der Waals surface area contributed by atoms with Crippen molar-refractivity contribution in [2.45, 2.75) is 52.1 Å². The molecule has 0 bridgehead atoms. The number of rotatable bonds is 4. The fourth-order valence-electron chi connectivity index (χ4n) is 3.33. The van der Waals surface area contributed by atoms with Gasteiger partial charge in [-0.2, -0.15) is 0 Å². The summed E-state index contributed by atoms with van der Waals surface area (Å²) in [5.41, 5.74) is 3.66. The van der Waals surface area contributed by atoms with E-state index in [-0.39, 0.29) is 17.8 Å². The van der Waals surface area contributed by atoms with Crippen LogP contribution in [0.15, 0.2) is 24.3 Å². The summed E-state index contributed by atoms with van der Waals surface area (Å²) in [6.45, 7) is 5.63. The minimum Gasteiger partial charge on any atom is -0.458 e. The summed E-state index contributed by atoms with van der Waals surface area (Å²) in [4.78, 5) is 28.2. The normalized spacial score (nSPS) is 17.9. The van der Waals surface area contributed by atoms with Crippen LogP contribution in [0, 0.1) is 6.92 Å². The van der Waals surface area contributed by atoms with E-state index in [1.54, 1.807) is 0 Å². The van der Waals surface area contributed by atoms with E-state index in [0.717, 1.165) is 17.7 Å². The molecule has 0 saturated carbocycles. The summed E-state index contributed by atoms with van der Waals surface area (Å²) in [7, 11) is 0. The van der Waals surface area contributed by atoms with Gasteiger partial charge in [0.25, 0.3) is 0 Å². The van der Waals surface area contributed by atoms with Crippen molar-refractivity contribution >= 4 is 23.4 Å². The molecule has 0 radical (unpaired) electrons. The van der Waals surface area contributed by atoms with Crippen molar-refractivity contribution < 1.29 is 14.3 Å². The number of hydrogen-bond acceptors (Lipinski definition) is 3. The largest absolute Gasteiger partial charge is 0.458 e. The van der Waals surface area contributed by atoms with E-state index in [0.29, 0.717) is 34.7 Å². The third-order valence-electron chi connectivity index (χ3n) is 4.92. The van der Waals surface area contributed by atoms with Gasteiger partial charge in [-0.05, 0) is 55.9 Å². The highest BCUT2D eigenvalue weighted by atomic mass is 35.5. The molecular formula is C20H22ClNO3. The van der Waals surface area contributed by atoms with Gasteiger partial charge in [0.05, 0.1) is 6.10 Å². The van der Waals surface area contributed by atoms with Crippen LogP contribution in [0.3, 0.4) is 0 Å². The number of carbonyl (C=O) groups is 2. The van der Waals surface area contributed by atoms with Crippen LogP contribution in [0.5, 0.6) is 0 Å². The standard InChI is InChI=1S/C20H22ClNO3/c1-4-11(2)25-20(24)19-12(3)18-16(22-19)9-14(10-17(18)23)13-5-7-15(21)8-6-13/h5-8,11,14,22H,4,9-10H2,1-3H3/t11-,14-/m0/s1. The van der Waals surface area contributed by atoms with E-state index < -0.39 is 5.97 Å². The molecule has 3 rings (SSSR count). The Morgan fingerprint density at radius 1 is 1.32 bits per heavy atom. The topological polar surface area (TPSA) is 59.2 Å². The molecule has 0 aliphatic heterocycles. The number of aromatic nitrogens is 1. The van der Waals surface area contributed by atoms with Crippen molar-refractivity contribution in [2.75, 3.05) is 0 Å². The first kappa shape index (κ1) is 17.7. The second kappa shape index (κ2) is 7.04. The van der Waals surface area contributed by atoms with E-state index in [9.17, 15) is 9.59 Å². The molecule has 25 heavy (non-hydrogen) atoms. The van der Waals surface area contributed by atoms with Crippen molar-refractivity contribution in [3.8, 4) is 0 Å². The molecule has 0 spiro atoms. The lowest BCUT2D eigenvalue weighted by molar-refractivity contribution is 0.0327. The van der Waals surface area contributed by atoms with Crippen LogP contribution in [0.1, 0.15) is 70.3 Å². The molecule has 1 aliphatic rings. The van der Waals surface area contributed by atoms with E-state index in [1.807, 2.05) is 45.0 Å². The minimum absolute atomic E-state index is 0.0672. The van der Waals surface area contributed by atoms with Gasteiger partial charge in [0.1, 0.15) is 5.69 Å². The lowest BCUT2D eigenvalue weighted by Crippen LogP contribution is -2.18. The molecule has 2 atom stereocenters. The van der Waals surface area contributed by atoms with Crippen molar-refractivity contribution in [1.29, 1.82) is 0 Å². The predicted octanol–water partition coefficient (Wildman–Crippen LogP) is 4.84. The molecule has 0 saturated heterocycles. The van der Waals surface area contributed by atoms with Gasteiger partial charge in [0.2, 0.25) is 0 Å². The fraction of sp³-hybridized carbons (Fsp3) is 0.400. The Hall–Kier alpha value is -2.07. The molecule has 0 fully saturated rings. The summed E-state index contributed by atoms with van der Waals surface area (Å²) in [6, 6.07) is 7.59. The third kappa shape index (κ3) is 3.49. The quantitative estimate of drug-likeness (QED) is 0.794. The molecule has 1 heterocycles. The summed E-state index contributed by atoms with van der Waals surface area (Å²) in [6.07, 6.45) is 1.74. The number of Topliss-reactive ketones (excluding diaryl/α,β-unsaturated/α-hetero) is 1. The van der Waals surface area contributed by atoms with Gasteiger partial charge >= 0.3 is 5.97 Å². The van der Waals surface area contributed by atoms with Crippen LogP contribution < -0.4 is 0 Å². The predicted molar refractivity (Wildman–Crippen MR) is 97.5 cm³/mol. The SMILES string of the molecule is CC[C@H](C)OC(=O)c1[nH]c2c(c1C)C(=O)C[C@@H](c1ccc(Cl)cc1)C2. The smallest absolute Gasteiger partial charge is 0.355 e. The van der Waals surface area contributed by atoms with Gasteiger partial charge < -0.3 is 9.72 Å². The Balaban J connectivity index is 1.89. The number of hydrogen-bond donors (Lipinski definition) is 1. The van der Waals surface area contributed by atoms with E-state index in [4.69, 9.17) is 16.3 Å². The number of H-pyrrole nitrogens is 1. The first-order chi connectivity index (χ1) is 11.9. The highest BCUT2D eigenvalue weighted by Gasteiger charge is 2.32. The van der Waals surface area contributed by atoms with Crippen molar-refractivity contribution in [1.82, 2.24) is 4.98 Å². The molecule has 0 unspecified atom stereocenters. The number of nitrogens with one attached hydrogen (secondary N) is 1. The number of benzene rings is 1. The van der Waals surface area contributed by atoms with Gasteiger partial charge in [-0.1, -0.05) is 30.7 Å². The Labute approximate surface area is 152 Å². The van der Waals surface area contributed by atoms with Crippen LogP contribution in [0.2, 0.25) is 5.02 Å². The Morgan fingerprint density at radius 2 is 2.00 bits per heavy atom. The number of ketones is 1. The van der Waals surface area contributed by atoms with Crippen molar-refractivity contribution in [3.05, 3.63) is 57.4 Å². The van der Waals surface area contributed by atoms with E-state index in [1.165, 1.54) is 0 Å². The van der Waals surface area contributed by atoms with Gasteiger partial charge in [-0.15, -0.1) is 0 Å². The molecule has 5 heteroatoms. The van der Waals surface area contributed by atoms with Crippen molar-refractivity contribution in [3.63, 3.8) is 0 Å². The first-order valence-corrected chi connectivity index (χ1v) is 8.99. The van der Waals surface area contributed by atoms with E-state index >= 15 is 0 Å². The number of carbonyl (C=O) groups excluding carboxylic acids is 2.